The summed E-state index contributed by atoms with van der Waals surface area (Å²) in [6, 6.07) is 8.35. The largest absolute Gasteiger partial charge is 0.468 e. The molecule has 0 radical (unpaired) electrons. The molecule has 0 N–H and O–H groups in total. The molecule has 1 aliphatic rings. The number of alkyl halides is 3. The molecule has 2 atom stereocenters. The van der Waals surface area contributed by atoms with Crippen LogP contribution >= 0.6 is 0 Å². The second-order valence-electron chi connectivity index (χ2n) is 7.70. The maximum atomic E-state index is 13.9. The van der Waals surface area contributed by atoms with Crippen LogP contribution in [0, 0.1) is 34.5 Å². The molecule has 0 amide bonds. The molecular weight excluding hydrogens is 373 g/mol. The molecule has 152 valence electrons. The third kappa shape index (κ3) is 4.16. The molecular formula is C21H23F3O4. The van der Waals surface area contributed by atoms with Gasteiger partial charge in [0.1, 0.15) is 5.92 Å². The highest BCUT2D eigenvalue weighted by Crippen LogP contribution is 2.58. The molecule has 0 spiro atoms. The third-order valence-corrected chi connectivity index (χ3v) is 5.38. The number of ether oxygens (including phenoxy) is 2. The van der Waals surface area contributed by atoms with E-state index in [4.69, 9.17) is 9.47 Å². The minimum absolute atomic E-state index is 0.108. The van der Waals surface area contributed by atoms with Crippen molar-refractivity contribution in [1.29, 1.82) is 0 Å². The molecule has 1 aromatic carbocycles. The van der Waals surface area contributed by atoms with Gasteiger partial charge in [0.2, 0.25) is 0 Å². The van der Waals surface area contributed by atoms with Crippen LogP contribution in [0.3, 0.4) is 0 Å². The van der Waals surface area contributed by atoms with Gasteiger partial charge in [0.15, 0.2) is 5.41 Å². The van der Waals surface area contributed by atoms with Crippen molar-refractivity contribution in [1.82, 2.24) is 0 Å². The number of halogens is 3. The van der Waals surface area contributed by atoms with Crippen molar-refractivity contribution in [3.8, 4) is 11.8 Å². The number of carbonyl (C=O) groups is 2. The van der Waals surface area contributed by atoms with E-state index < -0.39 is 40.8 Å². The van der Waals surface area contributed by atoms with Crippen molar-refractivity contribution in [2.24, 2.45) is 22.7 Å². The van der Waals surface area contributed by atoms with E-state index in [0.717, 1.165) is 14.2 Å². The Morgan fingerprint density at radius 1 is 1.11 bits per heavy atom. The van der Waals surface area contributed by atoms with E-state index in [1.165, 1.54) is 0 Å². The number of hydrogen-bond donors (Lipinski definition) is 0. The molecule has 1 aromatic rings. The summed E-state index contributed by atoms with van der Waals surface area (Å²) in [5.74, 6) is 0.0757. The molecule has 7 heteroatoms. The predicted octanol–water partition coefficient (Wildman–Crippen LogP) is 3.99. The molecule has 4 nitrogen and oxygen atoms in total. The summed E-state index contributed by atoms with van der Waals surface area (Å²) in [5.41, 5.74) is -2.30. The number of rotatable bonds is 3. The Bertz CT molecular complexity index is 771. The van der Waals surface area contributed by atoms with Crippen LogP contribution in [0.25, 0.3) is 0 Å². The van der Waals surface area contributed by atoms with Crippen molar-refractivity contribution in [3.05, 3.63) is 35.9 Å². The van der Waals surface area contributed by atoms with E-state index in [-0.39, 0.29) is 12.8 Å². The summed E-state index contributed by atoms with van der Waals surface area (Å²) in [5, 5.41) is 0. The second kappa shape index (κ2) is 7.86. The van der Waals surface area contributed by atoms with Crippen molar-refractivity contribution in [3.63, 3.8) is 0 Å². The zero-order valence-electron chi connectivity index (χ0n) is 16.2. The third-order valence-electron chi connectivity index (χ3n) is 5.38. The average molecular weight is 396 g/mol. The van der Waals surface area contributed by atoms with Gasteiger partial charge in [-0.2, -0.15) is 13.2 Å². The van der Waals surface area contributed by atoms with Gasteiger partial charge in [-0.05, 0) is 36.3 Å². The predicted molar refractivity (Wildman–Crippen MR) is 95.8 cm³/mol. The molecule has 1 aliphatic carbocycles. The number of methoxy groups -OCH3 is 2. The lowest BCUT2D eigenvalue weighted by molar-refractivity contribution is -0.181. The van der Waals surface area contributed by atoms with Crippen LogP contribution in [0.2, 0.25) is 0 Å². The molecule has 2 unspecified atom stereocenters. The number of benzene rings is 1. The highest BCUT2D eigenvalue weighted by atomic mass is 19.4. The van der Waals surface area contributed by atoms with Gasteiger partial charge in [-0.1, -0.05) is 43.9 Å². The Labute approximate surface area is 162 Å². The Balaban J connectivity index is 2.50. The van der Waals surface area contributed by atoms with Crippen LogP contribution in [0.5, 0.6) is 0 Å². The van der Waals surface area contributed by atoms with Crippen molar-refractivity contribution >= 4 is 11.9 Å². The summed E-state index contributed by atoms with van der Waals surface area (Å²) in [6.07, 6.45) is -5.07. The fourth-order valence-electron chi connectivity index (χ4n) is 4.08. The smallest absolute Gasteiger partial charge is 0.402 e. The Hall–Kier alpha value is -2.49. The standard InChI is InChI=1S/C21H23F3O4/c1-19(2)13-20(17(25)27-3,18(26)28-4)12-16(19)15(21(22,23)24)11-10-14-8-6-5-7-9-14/h5-9,15-16H,12-13H2,1-4H3. The van der Waals surface area contributed by atoms with Gasteiger partial charge >= 0.3 is 18.1 Å². The van der Waals surface area contributed by atoms with Crippen molar-refractivity contribution < 1.29 is 32.2 Å². The van der Waals surface area contributed by atoms with Crippen LogP contribution in [-0.4, -0.2) is 32.3 Å². The maximum absolute atomic E-state index is 13.9. The van der Waals surface area contributed by atoms with Crippen LogP contribution in [-0.2, 0) is 19.1 Å². The molecule has 0 bridgehead atoms. The van der Waals surface area contributed by atoms with Crippen LogP contribution < -0.4 is 0 Å². The maximum Gasteiger partial charge on any atom is 0.402 e. The first-order chi connectivity index (χ1) is 13.0. The number of carbonyl (C=O) groups excluding carboxylic acids is 2. The molecule has 1 saturated carbocycles. The van der Waals surface area contributed by atoms with Gasteiger partial charge in [0.05, 0.1) is 14.2 Å². The Morgan fingerprint density at radius 3 is 2.11 bits per heavy atom. The molecule has 28 heavy (non-hydrogen) atoms. The first-order valence-corrected chi connectivity index (χ1v) is 8.78. The molecule has 0 heterocycles. The van der Waals surface area contributed by atoms with Gasteiger partial charge in [-0.15, -0.1) is 0 Å². The van der Waals surface area contributed by atoms with Gasteiger partial charge in [0.25, 0.3) is 0 Å². The highest BCUT2D eigenvalue weighted by molar-refractivity contribution is 6.00. The normalized spacial score (nSPS) is 21.2. The minimum atomic E-state index is -4.62. The average Bonchev–Trinajstić information content (AvgIpc) is 2.92. The number of hydrogen-bond acceptors (Lipinski definition) is 4. The fourth-order valence-corrected chi connectivity index (χ4v) is 4.08. The van der Waals surface area contributed by atoms with Crippen LogP contribution in [0.1, 0.15) is 32.3 Å². The summed E-state index contributed by atoms with van der Waals surface area (Å²) < 4.78 is 51.2. The summed E-state index contributed by atoms with van der Waals surface area (Å²) in [6.45, 7) is 3.21. The van der Waals surface area contributed by atoms with Crippen LogP contribution in [0.4, 0.5) is 13.2 Å². The van der Waals surface area contributed by atoms with E-state index in [9.17, 15) is 22.8 Å². The molecule has 2 rings (SSSR count). The van der Waals surface area contributed by atoms with Crippen LogP contribution in [0.15, 0.2) is 30.3 Å². The monoisotopic (exact) mass is 396 g/mol. The molecule has 1 fully saturated rings. The lowest BCUT2D eigenvalue weighted by Gasteiger charge is -2.32. The van der Waals surface area contributed by atoms with Gasteiger partial charge in [0, 0.05) is 5.56 Å². The zero-order valence-corrected chi connectivity index (χ0v) is 16.2. The van der Waals surface area contributed by atoms with E-state index in [1.54, 1.807) is 44.2 Å². The lowest BCUT2D eigenvalue weighted by Crippen LogP contribution is -2.40. The quantitative estimate of drug-likeness (QED) is 0.441. The minimum Gasteiger partial charge on any atom is -0.468 e. The van der Waals surface area contributed by atoms with E-state index in [1.807, 2.05) is 0 Å². The lowest BCUT2D eigenvalue weighted by atomic mass is 9.74. The number of esters is 2. The summed E-state index contributed by atoms with van der Waals surface area (Å²) in [7, 11) is 2.20. The first kappa shape index (κ1) is 21.8. The van der Waals surface area contributed by atoms with Gasteiger partial charge in [-0.3, -0.25) is 9.59 Å². The Kier molecular flexibility index (Phi) is 6.12. The molecule has 0 saturated heterocycles. The molecule has 0 aromatic heterocycles. The molecule has 0 aliphatic heterocycles. The van der Waals surface area contributed by atoms with Gasteiger partial charge in [-0.25, -0.2) is 0 Å². The van der Waals surface area contributed by atoms with Crippen molar-refractivity contribution in [2.75, 3.05) is 14.2 Å². The first-order valence-electron chi connectivity index (χ1n) is 8.78. The van der Waals surface area contributed by atoms with E-state index in [0.29, 0.717) is 5.56 Å². The summed E-state index contributed by atoms with van der Waals surface area (Å²) in [4.78, 5) is 24.8. The Morgan fingerprint density at radius 2 is 1.64 bits per heavy atom. The van der Waals surface area contributed by atoms with Crippen molar-refractivity contribution in [2.45, 2.75) is 32.9 Å². The SMILES string of the molecule is COC(=O)C1(C(=O)OC)CC(C(C#Cc2ccccc2)C(F)(F)F)C(C)(C)C1. The van der Waals surface area contributed by atoms with E-state index >= 15 is 0 Å². The van der Waals surface area contributed by atoms with Gasteiger partial charge < -0.3 is 9.47 Å². The van der Waals surface area contributed by atoms with E-state index in [2.05, 4.69) is 11.8 Å². The summed E-state index contributed by atoms with van der Waals surface area (Å²) >= 11 is 0. The second-order valence-corrected chi connectivity index (χ2v) is 7.70. The fraction of sp³-hybridized carbons (Fsp3) is 0.524. The topological polar surface area (TPSA) is 52.6 Å². The zero-order chi connectivity index (χ0) is 21.2. The highest BCUT2D eigenvalue weighted by Gasteiger charge is 2.64.